The van der Waals surface area contributed by atoms with Crippen molar-refractivity contribution in [1.29, 1.82) is 0 Å². The quantitative estimate of drug-likeness (QED) is 0.906. The largest absolute Gasteiger partial charge is 0.361 e. The van der Waals surface area contributed by atoms with Gasteiger partial charge in [0.25, 0.3) is 5.91 Å². The molecule has 3 rings (SSSR count). The highest BCUT2D eigenvalue weighted by molar-refractivity contribution is 5.95. The number of carbonyl (C=O) groups excluding carboxylic acids is 1. The molecule has 3 heterocycles. The summed E-state index contributed by atoms with van der Waals surface area (Å²) in [5, 5.41) is 6.83. The van der Waals surface area contributed by atoms with Crippen LogP contribution < -0.4 is 10.2 Å². The predicted octanol–water partition coefficient (Wildman–Crippen LogP) is 1.82. The number of amides is 1. The van der Waals surface area contributed by atoms with Crippen LogP contribution in [0.5, 0.6) is 0 Å². The highest BCUT2D eigenvalue weighted by Gasteiger charge is 2.25. The summed E-state index contributed by atoms with van der Waals surface area (Å²) in [6, 6.07) is 1.87. The van der Waals surface area contributed by atoms with E-state index in [-0.39, 0.29) is 11.9 Å². The third-order valence-electron chi connectivity index (χ3n) is 3.96. The lowest BCUT2D eigenvalue weighted by molar-refractivity contribution is 0.0931. The molecule has 1 atom stereocenters. The normalized spacial score (nSPS) is 18.0. The van der Waals surface area contributed by atoms with Crippen molar-refractivity contribution in [3.8, 4) is 0 Å². The molecule has 1 fully saturated rings. The summed E-state index contributed by atoms with van der Waals surface area (Å²) in [6.45, 7) is 3.66. The summed E-state index contributed by atoms with van der Waals surface area (Å²) in [7, 11) is 0. The third kappa shape index (κ3) is 3.67. The van der Waals surface area contributed by atoms with Crippen LogP contribution in [-0.2, 0) is 6.42 Å². The Kier molecular flexibility index (Phi) is 4.85. The molecule has 7 nitrogen and oxygen atoms in total. The number of nitrogens with one attached hydrogen (secondary N) is 1. The summed E-state index contributed by atoms with van der Waals surface area (Å²) in [4.78, 5) is 23.1. The summed E-state index contributed by atoms with van der Waals surface area (Å²) < 4.78 is 5.16. The molecule has 122 valence electrons. The number of aromatic nitrogens is 3. The Labute approximate surface area is 135 Å². The second-order valence-corrected chi connectivity index (χ2v) is 5.72. The van der Waals surface area contributed by atoms with Crippen LogP contribution in [0.2, 0.25) is 0 Å². The summed E-state index contributed by atoms with van der Waals surface area (Å²) in [6.07, 6.45) is 8.55. The Hall–Kier alpha value is -2.44. The second-order valence-electron chi connectivity index (χ2n) is 5.72. The van der Waals surface area contributed by atoms with Gasteiger partial charge in [0.2, 0.25) is 5.95 Å². The van der Waals surface area contributed by atoms with Crippen molar-refractivity contribution in [2.24, 2.45) is 0 Å². The van der Waals surface area contributed by atoms with E-state index < -0.39 is 0 Å². The van der Waals surface area contributed by atoms with Crippen molar-refractivity contribution in [3.05, 3.63) is 36.0 Å². The molecule has 2 aromatic rings. The molecule has 1 saturated heterocycles. The van der Waals surface area contributed by atoms with Gasteiger partial charge in [0.05, 0.1) is 6.20 Å². The van der Waals surface area contributed by atoms with Crippen LogP contribution in [0.3, 0.4) is 0 Å². The van der Waals surface area contributed by atoms with E-state index in [2.05, 4.69) is 25.3 Å². The minimum atomic E-state index is -0.115. The molecule has 7 heteroatoms. The SMILES string of the molecule is CCCc1oncc1C(=O)N[C@H]1CCCN(c2ncccn2)C1. The number of rotatable bonds is 5. The van der Waals surface area contributed by atoms with E-state index >= 15 is 0 Å². The van der Waals surface area contributed by atoms with Crippen LogP contribution in [0, 0.1) is 0 Å². The molecule has 1 N–H and O–H groups in total. The molecular formula is C16H21N5O2. The molecule has 1 aliphatic heterocycles. The van der Waals surface area contributed by atoms with E-state index in [0.717, 1.165) is 32.2 Å². The number of nitrogens with zero attached hydrogens (tertiary/aromatic N) is 4. The zero-order chi connectivity index (χ0) is 16.1. The Morgan fingerprint density at radius 3 is 3.04 bits per heavy atom. The fraction of sp³-hybridized carbons (Fsp3) is 0.500. The molecule has 1 aliphatic rings. The number of hydrogen-bond donors (Lipinski definition) is 1. The number of carbonyl (C=O) groups is 1. The Bertz CT molecular complexity index is 643. The van der Waals surface area contributed by atoms with Crippen molar-refractivity contribution < 1.29 is 9.32 Å². The highest BCUT2D eigenvalue weighted by Crippen LogP contribution is 2.16. The number of aryl methyl sites for hydroxylation is 1. The highest BCUT2D eigenvalue weighted by atomic mass is 16.5. The number of piperidine rings is 1. The van der Waals surface area contributed by atoms with Crippen molar-refractivity contribution in [2.75, 3.05) is 18.0 Å². The maximum absolute atomic E-state index is 12.5. The van der Waals surface area contributed by atoms with Crippen LogP contribution in [-0.4, -0.2) is 40.2 Å². The first-order valence-electron chi connectivity index (χ1n) is 8.04. The van der Waals surface area contributed by atoms with E-state index in [1.54, 1.807) is 18.5 Å². The van der Waals surface area contributed by atoms with Gasteiger partial charge in [-0.25, -0.2) is 9.97 Å². The lowest BCUT2D eigenvalue weighted by Crippen LogP contribution is -2.48. The van der Waals surface area contributed by atoms with Gasteiger partial charge in [-0.15, -0.1) is 0 Å². The molecule has 0 radical (unpaired) electrons. The smallest absolute Gasteiger partial charge is 0.256 e. The van der Waals surface area contributed by atoms with E-state index in [1.807, 2.05) is 6.92 Å². The topological polar surface area (TPSA) is 84.2 Å². The van der Waals surface area contributed by atoms with Crippen LogP contribution in [0.15, 0.2) is 29.2 Å². The van der Waals surface area contributed by atoms with Crippen LogP contribution in [0.1, 0.15) is 42.3 Å². The van der Waals surface area contributed by atoms with Crippen LogP contribution in [0.4, 0.5) is 5.95 Å². The predicted molar refractivity (Wildman–Crippen MR) is 85.2 cm³/mol. The summed E-state index contributed by atoms with van der Waals surface area (Å²) in [5.41, 5.74) is 0.542. The second kappa shape index (κ2) is 7.21. The van der Waals surface area contributed by atoms with Crippen LogP contribution in [0.25, 0.3) is 0 Å². The fourth-order valence-corrected chi connectivity index (χ4v) is 2.85. The van der Waals surface area contributed by atoms with Gasteiger partial charge in [0.1, 0.15) is 11.3 Å². The Morgan fingerprint density at radius 2 is 2.26 bits per heavy atom. The van der Waals surface area contributed by atoms with E-state index in [1.165, 1.54) is 6.20 Å². The lowest BCUT2D eigenvalue weighted by atomic mass is 10.1. The number of anilines is 1. The zero-order valence-electron chi connectivity index (χ0n) is 13.2. The Balaban J connectivity index is 1.63. The summed E-state index contributed by atoms with van der Waals surface area (Å²) in [5.74, 6) is 1.25. The lowest BCUT2D eigenvalue weighted by Gasteiger charge is -2.33. The van der Waals surface area contributed by atoms with Crippen molar-refractivity contribution >= 4 is 11.9 Å². The van der Waals surface area contributed by atoms with Crippen molar-refractivity contribution in [2.45, 2.75) is 38.6 Å². The minimum absolute atomic E-state index is 0.0735. The third-order valence-corrected chi connectivity index (χ3v) is 3.96. The van der Waals surface area contributed by atoms with Gasteiger partial charge >= 0.3 is 0 Å². The molecule has 0 aliphatic carbocycles. The summed E-state index contributed by atoms with van der Waals surface area (Å²) >= 11 is 0. The van der Waals surface area contributed by atoms with E-state index in [0.29, 0.717) is 23.8 Å². The average Bonchev–Trinajstić information content (AvgIpc) is 3.05. The Morgan fingerprint density at radius 1 is 1.43 bits per heavy atom. The van der Waals surface area contributed by atoms with Crippen LogP contribution >= 0.6 is 0 Å². The maximum Gasteiger partial charge on any atom is 0.256 e. The molecule has 23 heavy (non-hydrogen) atoms. The molecule has 0 saturated carbocycles. The van der Waals surface area contributed by atoms with Gasteiger partial charge in [0, 0.05) is 37.9 Å². The minimum Gasteiger partial charge on any atom is -0.361 e. The van der Waals surface area contributed by atoms with Crippen molar-refractivity contribution in [1.82, 2.24) is 20.4 Å². The first-order chi connectivity index (χ1) is 11.3. The molecule has 2 aromatic heterocycles. The molecule has 0 unspecified atom stereocenters. The molecule has 1 amide bonds. The molecule has 0 bridgehead atoms. The maximum atomic E-state index is 12.5. The van der Waals surface area contributed by atoms with Gasteiger partial charge in [-0.05, 0) is 25.3 Å². The van der Waals surface area contributed by atoms with E-state index in [9.17, 15) is 4.79 Å². The monoisotopic (exact) mass is 315 g/mol. The van der Waals surface area contributed by atoms with Gasteiger partial charge in [-0.1, -0.05) is 12.1 Å². The van der Waals surface area contributed by atoms with Gasteiger partial charge in [-0.2, -0.15) is 0 Å². The zero-order valence-corrected chi connectivity index (χ0v) is 13.2. The average molecular weight is 315 g/mol. The van der Waals surface area contributed by atoms with Gasteiger partial charge < -0.3 is 14.7 Å². The molecule has 0 aromatic carbocycles. The van der Waals surface area contributed by atoms with Gasteiger partial charge in [-0.3, -0.25) is 4.79 Å². The molecule has 0 spiro atoms. The van der Waals surface area contributed by atoms with E-state index in [4.69, 9.17) is 4.52 Å². The standard InChI is InChI=1S/C16H21N5O2/c1-2-5-14-13(10-19-23-14)15(22)20-12-6-3-9-21(11-12)16-17-7-4-8-18-16/h4,7-8,10,12H,2-3,5-6,9,11H2,1H3,(H,20,22)/t12-/m0/s1. The molecular weight excluding hydrogens is 294 g/mol. The fourth-order valence-electron chi connectivity index (χ4n) is 2.85. The first-order valence-corrected chi connectivity index (χ1v) is 8.04. The van der Waals surface area contributed by atoms with Gasteiger partial charge in [0.15, 0.2) is 0 Å². The number of hydrogen-bond acceptors (Lipinski definition) is 6. The first kappa shape index (κ1) is 15.5. The van der Waals surface area contributed by atoms with Crippen molar-refractivity contribution in [3.63, 3.8) is 0 Å².